The number of imide groups is 1. The molecule has 3 amide bonds. The van der Waals surface area contributed by atoms with Gasteiger partial charge in [-0.2, -0.15) is 0 Å². The predicted molar refractivity (Wildman–Crippen MR) is 79.3 cm³/mol. The summed E-state index contributed by atoms with van der Waals surface area (Å²) in [5.74, 6) is -0.0931. The maximum absolute atomic E-state index is 12.8. The number of amides is 3. The lowest BCUT2D eigenvalue weighted by Gasteiger charge is -2.22. The maximum atomic E-state index is 12.8. The molecular weight excluding hydrogens is 303 g/mol. The minimum absolute atomic E-state index is 0.0944. The van der Waals surface area contributed by atoms with Crippen molar-refractivity contribution < 1.29 is 23.8 Å². The minimum atomic E-state index is -1.02. The molecule has 2 aliphatic rings. The number of nitrogens with zero attached hydrogens (tertiary/aromatic N) is 1. The van der Waals surface area contributed by atoms with Crippen LogP contribution in [-0.4, -0.2) is 46.7 Å². The van der Waals surface area contributed by atoms with Crippen LogP contribution in [0.1, 0.15) is 19.8 Å². The number of hydrogen-bond acceptors (Lipinski definition) is 4. The Balaban J connectivity index is 1.55. The summed E-state index contributed by atoms with van der Waals surface area (Å²) in [4.78, 5) is 25.4. The Morgan fingerprint density at radius 1 is 1.39 bits per heavy atom. The quantitative estimate of drug-likeness (QED) is 0.774. The van der Waals surface area contributed by atoms with E-state index in [0.717, 1.165) is 17.7 Å². The van der Waals surface area contributed by atoms with E-state index in [0.29, 0.717) is 5.75 Å². The summed E-state index contributed by atoms with van der Waals surface area (Å²) < 4.78 is 18.1. The van der Waals surface area contributed by atoms with Gasteiger partial charge in [0.25, 0.3) is 5.91 Å². The molecule has 6 nitrogen and oxygen atoms in total. The van der Waals surface area contributed by atoms with Gasteiger partial charge in [-0.15, -0.1) is 0 Å². The predicted octanol–water partition coefficient (Wildman–Crippen LogP) is 1.29. The Hall–Kier alpha value is -2.15. The van der Waals surface area contributed by atoms with Gasteiger partial charge in [-0.1, -0.05) is 0 Å². The first-order chi connectivity index (χ1) is 10.9. The van der Waals surface area contributed by atoms with Crippen molar-refractivity contribution in [3.8, 4) is 5.75 Å². The second kappa shape index (κ2) is 5.81. The second-order valence-corrected chi connectivity index (χ2v) is 6.24. The first-order valence-electron chi connectivity index (χ1n) is 7.60. The number of nitrogens with one attached hydrogen (secondary N) is 1. The van der Waals surface area contributed by atoms with Gasteiger partial charge in [0.2, 0.25) is 0 Å². The lowest BCUT2D eigenvalue weighted by atomic mass is 9.96. The molecule has 2 N–H and O–H groups in total. The Bertz CT molecular complexity index is 617. The Morgan fingerprint density at radius 2 is 2.04 bits per heavy atom. The van der Waals surface area contributed by atoms with E-state index in [2.05, 4.69) is 5.32 Å². The van der Waals surface area contributed by atoms with Crippen molar-refractivity contribution in [1.82, 2.24) is 10.2 Å². The zero-order chi connectivity index (χ0) is 16.6. The summed E-state index contributed by atoms with van der Waals surface area (Å²) in [6.45, 7) is 1.50. The molecule has 1 aromatic rings. The van der Waals surface area contributed by atoms with Crippen molar-refractivity contribution in [2.45, 2.75) is 31.4 Å². The molecule has 2 fully saturated rings. The number of hydrogen-bond donors (Lipinski definition) is 2. The van der Waals surface area contributed by atoms with Crippen LogP contribution in [0, 0.1) is 11.7 Å². The number of urea groups is 1. The summed E-state index contributed by atoms with van der Waals surface area (Å²) in [6, 6.07) is 4.91. The van der Waals surface area contributed by atoms with Crippen LogP contribution in [0.5, 0.6) is 5.75 Å². The summed E-state index contributed by atoms with van der Waals surface area (Å²) in [5.41, 5.74) is -0.853. The van der Waals surface area contributed by atoms with Crippen LogP contribution < -0.4 is 10.1 Å². The average Bonchev–Trinajstić information content (AvgIpc) is 3.33. The van der Waals surface area contributed by atoms with Crippen molar-refractivity contribution in [2.24, 2.45) is 5.92 Å². The molecular formula is C16H19FN2O4. The molecule has 0 radical (unpaired) electrons. The van der Waals surface area contributed by atoms with Crippen LogP contribution in [0.15, 0.2) is 24.3 Å². The van der Waals surface area contributed by atoms with Crippen LogP contribution in [0.25, 0.3) is 0 Å². The molecule has 0 spiro atoms. The van der Waals surface area contributed by atoms with Crippen molar-refractivity contribution in [3.05, 3.63) is 30.1 Å². The number of aliphatic hydroxyl groups is 1. The monoisotopic (exact) mass is 322 g/mol. The minimum Gasteiger partial charge on any atom is -0.491 e. The van der Waals surface area contributed by atoms with E-state index < -0.39 is 17.7 Å². The van der Waals surface area contributed by atoms with Gasteiger partial charge >= 0.3 is 6.03 Å². The van der Waals surface area contributed by atoms with Crippen molar-refractivity contribution in [3.63, 3.8) is 0 Å². The number of carbonyl (C=O) groups is 2. The van der Waals surface area contributed by atoms with Crippen LogP contribution >= 0.6 is 0 Å². The normalized spacial score (nSPS) is 25.4. The van der Waals surface area contributed by atoms with E-state index in [1.807, 2.05) is 0 Å². The van der Waals surface area contributed by atoms with E-state index in [4.69, 9.17) is 4.74 Å². The van der Waals surface area contributed by atoms with Gasteiger partial charge in [-0.3, -0.25) is 9.69 Å². The number of rotatable bonds is 6. The molecule has 2 atom stereocenters. The third-order valence-electron chi connectivity index (χ3n) is 4.34. The highest BCUT2D eigenvalue weighted by Crippen LogP contribution is 2.42. The molecule has 0 aromatic heterocycles. The first kappa shape index (κ1) is 15.7. The number of benzene rings is 1. The maximum Gasteiger partial charge on any atom is 0.325 e. The van der Waals surface area contributed by atoms with Gasteiger partial charge in [0.15, 0.2) is 0 Å². The Labute approximate surface area is 133 Å². The van der Waals surface area contributed by atoms with Gasteiger partial charge in [0, 0.05) is 0 Å². The van der Waals surface area contributed by atoms with Crippen LogP contribution in [0.3, 0.4) is 0 Å². The van der Waals surface area contributed by atoms with Crippen LogP contribution in [0.2, 0.25) is 0 Å². The highest BCUT2D eigenvalue weighted by atomic mass is 19.1. The number of halogens is 1. The number of ether oxygens (including phenoxy) is 1. The molecule has 1 aliphatic carbocycles. The van der Waals surface area contributed by atoms with Gasteiger partial charge in [0.1, 0.15) is 29.8 Å². The summed E-state index contributed by atoms with van der Waals surface area (Å²) in [5, 5.41) is 12.7. The third kappa shape index (κ3) is 3.14. The molecule has 1 aromatic carbocycles. The molecule has 1 saturated carbocycles. The van der Waals surface area contributed by atoms with E-state index in [9.17, 15) is 19.1 Å². The fraction of sp³-hybridized carbons (Fsp3) is 0.500. The van der Waals surface area contributed by atoms with Gasteiger partial charge < -0.3 is 15.2 Å². The summed E-state index contributed by atoms with van der Waals surface area (Å²) in [6.07, 6.45) is 0.829. The Morgan fingerprint density at radius 3 is 2.65 bits per heavy atom. The highest BCUT2D eigenvalue weighted by Gasteiger charge is 2.56. The fourth-order valence-electron chi connectivity index (χ4n) is 2.81. The average molecular weight is 322 g/mol. The molecule has 1 saturated heterocycles. The summed E-state index contributed by atoms with van der Waals surface area (Å²) in [7, 11) is 0. The second-order valence-electron chi connectivity index (χ2n) is 6.24. The van der Waals surface area contributed by atoms with Gasteiger partial charge in [0.05, 0.1) is 6.54 Å². The lowest BCUT2D eigenvalue weighted by molar-refractivity contribution is -0.132. The highest BCUT2D eigenvalue weighted by molar-refractivity contribution is 6.07. The smallest absolute Gasteiger partial charge is 0.325 e. The van der Waals surface area contributed by atoms with Crippen LogP contribution in [0.4, 0.5) is 9.18 Å². The zero-order valence-electron chi connectivity index (χ0n) is 12.8. The number of aliphatic hydroxyl groups excluding tert-OH is 1. The zero-order valence-corrected chi connectivity index (χ0v) is 12.8. The third-order valence-corrected chi connectivity index (χ3v) is 4.34. The molecule has 23 heavy (non-hydrogen) atoms. The first-order valence-corrected chi connectivity index (χ1v) is 7.60. The van der Waals surface area contributed by atoms with E-state index >= 15 is 0 Å². The van der Waals surface area contributed by atoms with E-state index in [1.54, 1.807) is 6.92 Å². The molecule has 0 unspecified atom stereocenters. The number of carbonyl (C=O) groups excluding carboxylic acids is 2. The largest absolute Gasteiger partial charge is 0.491 e. The number of β-amino-alcohol motifs (C(OH)–C–C–N with tert-alkyl or cyclic N) is 1. The standard InChI is InChI=1S/C16H19FN2O4/c1-16(10-2-3-10)14(21)19(15(22)18-16)8-12(20)9-23-13-6-4-11(17)5-7-13/h4-7,10,12,20H,2-3,8-9H2,1H3,(H,18,22)/t12-,16+/m1/s1. The van der Waals surface area contributed by atoms with E-state index in [1.165, 1.54) is 24.3 Å². The summed E-state index contributed by atoms with van der Waals surface area (Å²) >= 11 is 0. The molecule has 1 heterocycles. The molecule has 7 heteroatoms. The molecule has 3 rings (SSSR count). The van der Waals surface area contributed by atoms with Crippen molar-refractivity contribution >= 4 is 11.9 Å². The lowest BCUT2D eigenvalue weighted by Crippen LogP contribution is -2.46. The van der Waals surface area contributed by atoms with Crippen LogP contribution in [-0.2, 0) is 4.79 Å². The molecule has 1 aliphatic heterocycles. The topological polar surface area (TPSA) is 78.9 Å². The van der Waals surface area contributed by atoms with Gasteiger partial charge in [-0.25, -0.2) is 9.18 Å². The molecule has 0 bridgehead atoms. The van der Waals surface area contributed by atoms with Crippen molar-refractivity contribution in [2.75, 3.05) is 13.2 Å². The van der Waals surface area contributed by atoms with E-state index in [-0.39, 0.29) is 30.8 Å². The Kier molecular flexibility index (Phi) is 3.97. The van der Waals surface area contributed by atoms with Gasteiger partial charge in [-0.05, 0) is 49.9 Å². The SMILES string of the molecule is C[C@@]1(C2CC2)NC(=O)N(C[C@@H](O)COc2ccc(F)cc2)C1=O. The fourth-order valence-corrected chi connectivity index (χ4v) is 2.81. The molecule has 124 valence electrons. The van der Waals surface area contributed by atoms with Crippen molar-refractivity contribution in [1.29, 1.82) is 0 Å².